The smallest absolute Gasteiger partial charge is 0.408 e. The lowest BCUT2D eigenvalue weighted by atomic mass is 9.78. The molecule has 22 heteroatoms. The van der Waals surface area contributed by atoms with Gasteiger partial charge in [-0.25, -0.2) is 14.6 Å². The summed E-state index contributed by atoms with van der Waals surface area (Å²) >= 11 is 0. The van der Waals surface area contributed by atoms with Crippen molar-refractivity contribution in [3.8, 4) is 5.75 Å². The summed E-state index contributed by atoms with van der Waals surface area (Å²) in [4.78, 5) is 106. The summed E-state index contributed by atoms with van der Waals surface area (Å²) in [6.45, 7) is 15.0. The highest BCUT2D eigenvalue weighted by molar-refractivity contribution is 6.04. The Kier molecular flexibility index (Phi) is 16.6. The van der Waals surface area contributed by atoms with Gasteiger partial charge < -0.3 is 65.2 Å². The van der Waals surface area contributed by atoms with E-state index < -0.39 is 95.6 Å². The third-order valence-corrected chi connectivity index (χ3v) is 13.8. The van der Waals surface area contributed by atoms with Crippen molar-refractivity contribution in [2.75, 3.05) is 28.8 Å². The molecule has 0 bridgehead atoms. The van der Waals surface area contributed by atoms with Crippen molar-refractivity contribution in [2.45, 2.75) is 199 Å². The number of amides is 4. The maximum Gasteiger partial charge on any atom is 0.408 e. The Labute approximate surface area is 426 Å². The number of nitrogens with two attached hydrogens (primary N) is 1. The second-order valence-electron chi connectivity index (χ2n) is 21.7. The zero-order valence-electron chi connectivity index (χ0n) is 43.7. The monoisotopic (exact) mass is 1020 g/mol. The molecular weight excluding hydrogens is 947 g/mol. The van der Waals surface area contributed by atoms with Gasteiger partial charge in [0.2, 0.25) is 11.9 Å². The average molecular weight is 1020 g/mol. The molecule has 73 heavy (non-hydrogen) atoms. The highest BCUT2D eigenvalue weighted by Crippen LogP contribution is 2.42. The van der Waals surface area contributed by atoms with E-state index in [4.69, 9.17) is 39.1 Å². The van der Waals surface area contributed by atoms with Crippen LogP contribution in [-0.2, 0) is 49.3 Å². The number of carbonyl (C=O) groups excluding carboxylic acids is 7. The van der Waals surface area contributed by atoms with E-state index in [1.54, 1.807) is 71.8 Å². The fourth-order valence-corrected chi connectivity index (χ4v) is 10.7. The van der Waals surface area contributed by atoms with Crippen LogP contribution in [0.1, 0.15) is 142 Å². The number of fused-ring (bicyclic) bond motifs is 2. The highest BCUT2D eigenvalue weighted by Gasteiger charge is 2.46. The molecular formula is C51H73N9O13. The van der Waals surface area contributed by atoms with Gasteiger partial charge in [-0.05, 0) is 85.3 Å². The Morgan fingerprint density at radius 3 is 1.97 bits per heavy atom. The third-order valence-electron chi connectivity index (χ3n) is 13.8. The minimum absolute atomic E-state index is 0.00781. The fourth-order valence-electron chi connectivity index (χ4n) is 10.7. The molecule has 0 radical (unpaired) electrons. The lowest BCUT2D eigenvalue weighted by molar-refractivity contribution is -0.162. The maximum absolute atomic E-state index is 14.6. The maximum atomic E-state index is 14.6. The number of nitrogens with one attached hydrogen (secondary N) is 4. The zero-order chi connectivity index (χ0) is 53.1. The standard InChI is InChI=1S/C51H73N9O13/c1-11-37-46(65)59(10)38-25-53-47(58-44(38)60(37)29-14-12-13-15-29)55-33-17-16-31(30-18-19-68-43(30)33)45(64)54-35-23-40(70-27(3)62)36(57-49(67)73-51(7,8)9)24-41(35)71-42(63)21-28-20-34(56-48(66)72-50(4,5)6)39(22-32(28)52)69-26(2)61/h16-17,25,28-29,32,34-37,39-41H,11-15,18-24,52H2,1-10H3,(H,54,64)(H,56,66)(H,57,67)(H,53,55,58)/t28-,32-,34-,35+,36-,37-,39-,40-,41-/m1/s1. The van der Waals surface area contributed by atoms with Gasteiger partial charge in [0, 0.05) is 76.2 Å². The summed E-state index contributed by atoms with van der Waals surface area (Å²) in [5, 5.41) is 11.9. The van der Waals surface area contributed by atoms with Crippen molar-refractivity contribution in [1.29, 1.82) is 0 Å². The Morgan fingerprint density at radius 1 is 0.808 bits per heavy atom. The zero-order valence-corrected chi connectivity index (χ0v) is 43.7. The number of hydrogen-bond donors (Lipinski definition) is 5. The van der Waals surface area contributed by atoms with Gasteiger partial charge in [0.25, 0.3) is 5.91 Å². The lowest BCUT2D eigenvalue weighted by Crippen LogP contribution is -2.60. The number of likely N-dealkylation sites (N-methyl/N-ethyl adjacent to an activating group) is 1. The summed E-state index contributed by atoms with van der Waals surface area (Å²) in [6, 6.07) is -0.0310. The first kappa shape index (κ1) is 54.3. The average Bonchev–Trinajstić information content (AvgIpc) is 4.00. The van der Waals surface area contributed by atoms with E-state index >= 15 is 0 Å². The van der Waals surface area contributed by atoms with E-state index in [0.717, 1.165) is 25.7 Å². The van der Waals surface area contributed by atoms with Crippen molar-refractivity contribution >= 4 is 65.0 Å². The number of carbonyl (C=O) groups is 7. The van der Waals surface area contributed by atoms with Crippen LogP contribution in [0.25, 0.3) is 0 Å². The van der Waals surface area contributed by atoms with Crippen LogP contribution in [0.3, 0.4) is 0 Å². The normalized spacial score (nSPS) is 26.1. The predicted molar refractivity (Wildman–Crippen MR) is 266 cm³/mol. The summed E-state index contributed by atoms with van der Waals surface area (Å²) in [7, 11) is 1.74. The molecule has 400 valence electrons. The van der Waals surface area contributed by atoms with Gasteiger partial charge in [-0.2, -0.15) is 4.98 Å². The molecule has 0 unspecified atom stereocenters. The van der Waals surface area contributed by atoms with Gasteiger partial charge in [-0.3, -0.25) is 24.0 Å². The largest absolute Gasteiger partial charge is 0.491 e. The molecule has 4 amide bonds. The molecule has 1 aromatic carbocycles. The number of anilines is 4. The molecule has 2 aromatic rings. The molecule has 2 aliphatic heterocycles. The number of alkyl carbamates (subject to hydrolysis) is 2. The van der Waals surface area contributed by atoms with Crippen molar-refractivity contribution in [2.24, 2.45) is 11.7 Å². The number of nitrogens with zero attached hydrogens (tertiary/aromatic N) is 4. The molecule has 3 heterocycles. The molecule has 7 rings (SSSR count). The topological polar surface area (TPSA) is 281 Å². The van der Waals surface area contributed by atoms with Crippen LogP contribution in [0.15, 0.2) is 18.3 Å². The van der Waals surface area contributed by atoms with Crippen molar-refractivity contribution in [1.82, 2.24) is 25.9 Å². The third kappa shape index (κ3) is 13.4. The van der Waals surface area contributed by atoms with Gasteiger partial charge >= 0.3 is 30.1 Å². The van der Waals surface area contributed by atoms with Crippen LogP contribution in [0.2, 0.25) is 0 Å². The van der Waals surface area contributed by atoms with Crippen LogP contribution < -0.4 is 41.5 Å². The molecule has 5 aliphatic rings. The fraction of sp³-hybridized carbons (Fsp3) is 0.667. The molecule has 0 saturated heterocycles. The minimum atomic E-state index is -1.07. The first-order chi connectivity index (χ1) is 34.4. The van der Waals surface area contributed by atoms with Crippen LogP contribution >= 0.6 is 0 Å². The van der Waals surface area contributed by atoms with Crippen LogP contribution in [0, 0.1) is 5.92 Å². The molecule has 3 saturated carbocycles. The first-order valence-electron chi connectivity index (χ1n) is 25.5. The summed E-state index contributed by atoms with van der Waals surface area (Å²) in [5.74, 6) is -1.53. The number of ether oxygens (including phenoxy) is 6. The van der Waals surface area contributed by atoms with E-state index in [1.165, 1.54) is 13.8 Å². The number of benzene rings is 1. The van der Waals surface area contributed by atoms with Crippen molar-refractivity contribution in [3.63, 3.8) is 0 Å². The number of esters is 3. The van der Waals surface area contributed by atoms with Crippen LogP contribution in [-0.4, -0.2) is 131 Å². The van der Waals surface area contributed by atoms with E-state index in [2.05, 4.69) is 31.2 Å². The van der Waals surface area contributed by atoms with Gasteiger partial charge in [0.05, 0.1) is 36.6 Å². The predicted octanol–water partition coefficient (Wildman–Crippen LogP) is 5.24. The van der Waals surface area contributed by atoms with Crippen molar-refractivity contribution in [3.05, 3.63) is 29.5 Å². The molecule has 6 N–H and O–H groups in total. The van der Waals surface area contributed by atoms with Crippen LogP contribution in [0.5, 0.6) is 5.75 Å². The quantitative estimate of drug-likeness (QED) is 0.127. The molecule has 3 fully saturated rings. The summed E-state index contributed by atoms with van der Waals surface area (Å²) < 4.78 is 34.6. The van der Waals surface area contributed by atoms with Gasteiger partial charge in [0.1, 0.15) is 47.0 Å². The van der Waals surface area contributed by atoms with E-state index in [0.29, 0.717) is 52.9 Å². The van der Waals surface area contributed by atoms with Gasteiger partial charge in [0.15, 0.2) is 5.82 Å². The second-order valence-corrected chi connectivity index (χ2v) is 21.7. The Bertz CT molecular complexity index is 2420. The van der Waals surface area contributed by atoms with Gasteiger partial charge in [-0.1, -0.05) is 19.8 Å². The Morgan fingerprint density at radius 2 is 1.38 bits per heavy atom. The number of hydrogen-bond acceptors (Lipinski definition) is 18. The number of aromatic nitrogens is 2. The molecule has 3 aliphatic carbocycles. The first-order valence-corrected chi connectivity index (χ1v) is 25.5. The van der Waals surface area contributed by atoms with E-state index in [9.17, 15) is 33.6 Å². The molecule has 9 atom stereocenters. The van der Waals surface area contributed by atoms with E-state index in [-0.39, 0.29) is 56.7 Å². The lowest BCUT2D eigenvalue weighted by Gasteiger charge is -2.43. The summed E-state index contributed by atoms with van der Waals surface area (Å²) in [5.41, 5.74) is 6.99. The molecule has 1 aromatic heterocycles. The Balaban J connectivity index is 1.12. The minimum Gasteiger partial charge on any atom is -0.491 e. The van der Waals surface area contributed by atoms with Crippen molar-refractivity contribution < 1.29 is 62.0 Å². The van der Waals surface area contributed by atoms with Gasteiger partial charge in [-0.15, -0.1) is 0 Å². The highest BCUT2D eigenvalue weighted by atomic mass is 16.6. The van der Waals surface area contributed by atoms with Crippen LogP contribution in [0.4, 0.5) is 32.7 Å². The Hall–Kier alpha value is -6.45. The number of rotatable bonds is 13. The van der Waals surface area contributed by atoms with E-state index in [1.807, 2.05) is 6.92 Å². The molecule has 22 nitrogen and oxygen atoms in total. The summed E-state index contributed by atoms with van der Waals surface area (Å²) in [6.07, 6.45) is 2.33. The molecule has 0 spiro atoms. The SMILES string of the molecule is CC[C@@H]1C(=O)N(C)c2cnc(Nc3ccc(C(=O)N[C@H]4C[C@@H](OC(C)=O)[C@H](NC(=O)OC(C)(C)C)C[C@H]4OC(=O)C[C@H]4C[C@@H](NC(=O)OC(C)(C)C)[C@H](OC(C)=O)C[C@H]4N)c4c3OCC4)nc2N1C1CCCC1. The second kappa shape index (κ2) is 22.3.